The van der Waals surface area contributed by atoms with Gasteiger partial charge in [0.25, 0.3) is 0 Å². The third kappa shape index (κ3) is 4.77. The van der Waals surface area contributed by atoms with E-state index in [0.717, 1.165) is 59.6 Å². The van der Waals surface area contributed by atoms with Crippen molar-refractivity contribution in [3.05, 3.63) is 155 Å². The molecule has 1 aliphatic carbocycles. The fourth-order valence-electron chi connectivity index (χ4n) is 9.08. The number of benzene rings is 6. The SMILES string of the molecule is CCC1(CC)c2cc(-c3ccccc3)ccc2-c2c1c1c(c3cc(OC)c(N4CCOCC4)cc23)OC(c2ccccc2)(c2ccccc2)C=C1. The van der Waals surface area contributed by atoms with Crippen LogP contribution in [0.4, 0.5) is 5.69 Å². The predicted octanol–water partition coefficient (Wildman–Crippen LogP) is 10.8. The molecule has 254 valence electrons. The summed E-state index contributed by atoms with van der Waals surface area (Å²) in [6.07, 6.45) is 6.61. The maximum Gasteiger partial charge on any atom is 0.178 e. The maximum atomic E-state index is 7.61. The zero-order valence-corrected chi connectivity index (χ0v) is 29.6. The summed E-state index contributed by atoms with van der Waals surface area (Å²) in [5.74, 6) is 1.76. The first-order chi connectivity index (χ1) is 25.1. The number of fused-ring (bicyclic) bond motifs is 8. The molecule has 6 aromatic carbocycles. The largest absolute Gasteiger partial charge is 0.495 e. The summed E-state index contributed by atoms with van der Waals surface area (Å²) < 4.78 is 19.6. The van der Waals surface area contributed by atoms with Crippen molar-refractivity contribution in [1.82, 2.24) is 0 Å². The van der Waals surface area contributed by atoms with Gasteiger partial charge >= 0.3 is 0 Å². The Bertz CT molecular complexity index is 2230. The van der Waals surface area contributed by atoms with E-state index in [9.17, 15) is 0 Å². The second kappa shape index (κ2) is 12.5. The molecule has 0 spiro atoms. The molecule has 0 saturated carbocycles. The van der Waals surface area contributed by atoms with Gasteiger partial charge in [-0.25, -0.2) is 0 Å². The Hall–Kier alpha value is -5.32. The van der Waals surface area contributed by atoms with Gasteiger partial charge in [-0.1, -0.05) is 123 Å². The van der Waals surface area contributed by atoms with Crippen LogP contribution < -0.4 is 14.4 Å². The summed E-state index contributed by atoms with van der Waals surface area (Å²) >= 11 is 0. The lowest BCUT2D eigenvalue weighted by Gasteiger charge is -2.39. The van der Waals surface area contributed by atoms with Gasteiger partial charge in [-0.15, -0.1) is 0 Å². The number of anilines is 1. The summed E-state index contributed by atoms with van der Waals surface area (Å²) in [7, 11) is 1.78. The number of methoxy groups -OCH3 is 1. The fraction of sp³-hybridized carbons (Fsp3) is 0.234. The smallest absolute Gasteiger partial charge is 0.178 e. The van der Waals surface area contributed by atoms with Crippen molar-refractivity contribution in [2.24, 2.45) is 0 Å². The molecule has 2 aliphatic heterocycles. The summed E-state index contributed by atoms with van der Waals surface area (Å²) in [5.41, 5.74) is 11.4. The van der Waals surface area contributed by atoms with Crippen LogP contribution in [0, 0.1) is 0 Å². The minimum Gasteiger partial charge on any atom is -0.495 e. The zero-order valence-electron chi connectivity index (χ0n) is 29.6. The maximum absolute atomic E-state index is 7.61. The topological polar surface area (TPSA) is 30.9 Å². The van der Waals surface area contributed by atoms with Crippen LogP contribution in [0.25, 0.3) is 39.1 Å². The van der Waals surface area contributed by atoms with Crippen molar-refractivity contribution >= 4 is 22.5 Å². The van der Waals surface area contributed by atoms with Gasteiger partial charge in [-0.3, -0.25) is 0 Å². The first-order valence-corrected chi connectivity index (χ1v) is 18.4. The van der Waals surface area contributed by atoms with Crippen LogP contribution in [-0.4, -0.2) is 33.4 Å². The first kappa shape index (κ1) is 31.6. The minimum absolute atomic E-state index is 0.194. The van der Waals surface area contributed by atoms with Gasteiger partial charge in [-0.2, -0.15) is 0 Å². The highest BCUT2D eigenvalue weighted by atomic mass is 16.5. The Morgan fingerprint density at radius 3 is 1.98 bits per heavy atom. The second-order valence-corrected chi connectivity index (χ2v) is 14.0. The quantitative estimate of drug-likeness (QED) is 0.169. The van der Waals surface area contributed by atoms with E-state index < -0.39 is 5.60 Å². The Morgan fingerprint density at radius 2 is 1.35 bits per heavy atom. The Morgan fingerprint density at radius 1 is 0.706 bits per heavy atom. The van der Waals surface area contributed by atoms with E-state index in [4.69, 9.17) is 14.2 Å². The number of ether oxygens (including phenoxy) is 3. The van der Waals surface area contributed by atoms with Crippen molar-refractivity contribution in [2.45, 2.75) is 37.7 Å². The number of hydrogen-bond acceptors (Lipinski definition) is 4. The summed E-state index contributed by atoms with van der Waals surface area (Å²) in [6, 6.07) is 43.8. The molecule has 0 atom stereocenters. The third-order valence-corrected chi connectivity index (χ3v) is 11.7. The van der Waals surface area contributed by atoms with Crippen LogP contribution in [0.3, 0.4) is 0 Å². The highest BCUT2D eigenvalue weighted by Crippen LogP contribution is 2.61. The van der Waals surface area contributed by atoms with Crippen LogP contribution >= 0.6 is 0 Å². The molecule has 4 heteroatoms. The highest BCUT2D eigenvalue weighted by Gasteiger charge is 2.47. The average Bonchev–Trinajstić information content (AvgIpc) is 3.51. The number of nitrogens with zero attached hydrogens (tertiary/aromatic N) is 1. The van der Waals surface area contributed by atoms with Crippen molar-refractivity contribution in [2.75, 3.05) is 38.3 Å². The molecule has 3 aliphatic rings. The van der Waals surface area contributed by atoms with Gasteiger partial charge in [-0.05, 0) is 75.9 Å². The van der Waals surface area contributed by atoms with E-state index in [0.29, 0.717) is 13.2 Å². The number of rotatable bonds is 7. The number of hydrogen-bond donors (Lipinski definition) is 0. The van der Waals surface area contributed by atoms with E-state index in [2.05, 4.69) is 152 Å². The number of morpholine rings is 1. The van der Waals surface area contributed by atoms with E-state index in [1.54, 1.807) is 7.11 Å². The molecule has 4 nitrogen and oxygen atoms in total. The fourth-order valence-corrected chi connectivity index (χ4v) is 9.08. The lowest BCUT2D eigenvalue weighted by molar-refractivity contribution is 0.122. The zero-order chi connectivity index (χ0) is 34.6. The van der Waals surface area contributed by atoms with Crippen molar-refractivity contribution in [3.63, 3.8) is 0 Å². The van der Waals surface area contributed by atoms with Crippen molar-refractivity contribution in [3.8, 4) is 33.8 Å². The van der Waals surface area contributed by atoms with Crippen LogP contribution in [0.15, 0.2) is 127 Å². The summed E-state index contributed by atoms with van der Waals surface area (Å²) in [6.45, 7) is 7.76. The second-order valence-electron chi connectivity index (χ2n) is 14.0. The van der Waals surface area contributed by atoms with Gasteiger partial charge in [0.2, 0.25) is 0 Å². The summed E-state index contributed by atoms with van der Waals surface area (Å²) in [4.78, 5) is 2.41. The van der Waals surface area contributed by atoms with E-state index in [-0.39, 0.29) is 5.41 Å². The average molecular weight is 670 g/mol. The molecule has 2 heterocycles. The molecular formula is C47H43NO3. The molecule has 6 aromatic rings. The summed E-state index contributed by atoms with van der Waals surface area (Å²) in [5, 5.41) is 2.27. The molecule has 0 amide bonds. The lowest BCUT2D eigenvalue weighted by atomic mass is 9.70. The van der Waals surface area contributed by atoms with Gasteiger partial charge < -0.3 is 19.1 Å². The molecule has 1 fully saturated rings. The molecule has 0 unspecified atom stereocenters. The minimum atomic E-state index is -0.806. The molecular weight excluding hydrogens is 627 g/mol. The molecule has 9 rings (SSSR count). The molecule has 0 aromatic heterocycles. The molecule has 0 radical (unpaired) electrons. The van der Waals surface area contributed by atoms with Gasteiger partial charge in [0.05, 0.1) is 26.0 Å². The van der Waals surface area contributed by atoms with Crippen LogP contribution in [0.2, 0.25) is 0 Å². The third-order valence-electron chi connectivity index (χ3n) is 11.7. The van der Waals surface area contributed by atoms with Gasteiger partial charge in [0.15, 0.2) is 5.60 Å². The predicted molar refractivity (Wildman–Crippen MR) is 209 cm³/mol. The Balaban J connectivity index is 1.38. The standard InChI is InChI=1S/C47H43NO3/c1-4-46(5-2)40-29-33(32-15-9-6-10-16-32)21-22-36(40)43-38-30-41(48-25-27-50-28-26-48)42(49-3)31-39(38)45-37(44(43)46)23-24-47(51-45,34-17-11-7-12-18-34)35-19-13-8-14-20-35/h6-24,29-31H,4-5,25-28H2,1-3H3. The van der Waals surface area contributed by atoms with Crippen LogP contribution in [0.1, 0.15) is 54.5 Å². The molecule has 0 bridgehead atoms. The van der Waals surface area contributed by atoms with Crippen molar-refractivity contribution < 1.29 is 14.2 Å². The van der Waals surface area contributed by atoms with Crippen LogP contribution in [0.5, 0.6) is 11.5 Å². The lowest BCUT2D eigenvalue weighted by Crippen LogP contribution is -2.36. The van der Waals surface area contributed by atoms with E-state index >= 15 is 0 Å². The first-order valence-electron chi connectivity index (χ1n) is 18.4. The van der Waals surface area contributed by atoms with Gasteiger partial charge in [0, 0.05) is 40.6 Å². The molecule has 51 heavy (non-hydrogen) atoms. The van der Waals surface area contributed by atoms with E-state index in [1.165, 1.54) is 44.3 Å². The van der Waals surface area contributed by atoms with E-state index in [1.807, 2.05) is 0 Å². The monoisotopic (exact) mass is 669 g/mol. The van der Waals surface area contributed by atoms with Gasteiger partial charge in [0.1, 0.15) is 11.5 Å². The Kier molecular flexibility index (Phi) is 7.74. The highest BCUT2D eigenvalue weighted by molar-refractivity contribution is 6.10. The van der Waals surface area contributed by atoms with Crippen LogP contribution in [-0.2, 0) is 15.8 Å². The normalized spacial score (nSPS) is 16.6. The molecule has 0 N–H and O–H groups in total. The van der Waals surface area contributed by atoms with Crippen molar-refractivity contribution in [1.29, 1.82) is 0 Å². The Labute approximate surface area is 300 Å². The molecule has 1 saturated heterocycles.